The van der Waals surface area contributed by atoms with Gasteiger partial charge in [-0.15, -0.1) is 0 Å². The Morgan fingerprint density at radius 2 is 1.82 bits per heavy atom. The van der Waals surface area contributed by atoms with Gasteiger partial charge in [-0.3, -0.25) is 9.78 Å². The number of carbonyl (C=O) groups is 1. The van der Waals surface area contributed by atoms with E-state index in [1.54, 1.807) is 18.3 Å². The molecule has 2 aromatic heterocycles. The molecule has 1 amide bonds. The van der Waals surface area contributed by atoms with E-state index in [4.69, 9.17) is 12.2 Å². The Morgan fingerprint density at radius 1 is 1.05 bits per heavy atom. The zero-order valence-corrected chi connectivity index (χ0v) is 23.3. The Morgan fingerprint density at radius 3 is 2.56 bits per heavy atom. The van der Waals surface area contributed by atoms with Crippen molar-refractivity contribution in [3.63, 3.8) is 0 Å². The number of benzene rings is 2. The van der Waals surface area contributed by atoms with Crippen molar-refractivity contribution in [3.05, 3.63) is 113 Å². The summed E-state index contributed by atoms with van der Waals surface area (Å²) in [5.74, 6) is -0.365. The van der Waals surface area contributed by atoms with Crippen molar-refractivity contribution in [3.8, 4) is 5.69 Å². The number of amides is 1. The summed E-state index contributed by atoms with van der Waals surface area (Å²) < 4.78 is 16.8. The van der Waals surface area contributed by atoms with E-state index < -0.39 is 0 Å². The fourth-order valence-corrected chi connectivity index (χ4v) is 5.71. The van der Waals surface area contributed by atoms with E-state index in [2.05, 4.69) is 26.6 Å². The molecule has 0 unspecified atom stereocenters. The molecule has 1 saturated heterocycles. The van der Waals surface area contributed by atoms with Gasteiger partial charge in [0.25, 0.3) is 0 Å². The average molecular weight is 542 g/mol. The number of pyridine rings is 1. The molecule has 1 fully saturated rings. The maximum atomic E-state index is 14.8. The van der Waals surface area contributed by atoms with Crippen molar-refractivity contribution >= 4 is 28.9 Å². The number of rotatable bonds is 7. The van der Waals surface area contributed by atoms with Gasteiger partial charge in [0, 0.05) is 36.2 Å². The summed E-state index contributed by atoms with van der Waals surface area (Å²) in [7, 11) is 0. The molecule has 0 saturated carbocycles. The highest BCUT2D eigenvalue weighted by Crippen LogP contribution is 2.41. The van der Waals surface area contributed by atoms with E-state index in [9.17, 15) is 9.18 Å². The predicted octanol–water partition coefficient (Wildman–Crippen LogP) is 6.25. The van der Waals surface area contributed by atoms with E-state index in [1.165, 1.54) is 6.07 Å². The van der Waals surface area contributed by atoms with Gasteiger partial charge < -0.3 is 20.1 Å². The number of carbonyl (C=O) groups excluding carboxylic acids is 1. The van der Waals surface area contributed by atoms with Crippen LogP contribution in [0, 0.1) is 33.5 Å². The lowest BCUT2D eigenvalue weighted by Crippen LogP contribution is -2.33. The van der Waals surface area contributed by atoms with Gasteiger partial charge in [-0.05, 0) is 93.0 Å². The van der Waals surface area contributed by atoms with Crippen LogP contribution in [0.2, 0.25) is 0 Å². The number of halogens is 1. The van der Waals surface area contributed by atoms with Crippen LogP contribution in [-0.4, -0.2) is 32.0 Å². The number of hydrogen-bond acceptors (Lipinski definition) is 3. The number of anilines is 1. The summed E-state index contributed by atoms with van der Waals surface area (Å²) in [5, 5.41) is 7.06. The van der Waals surface area contributed by atoms with Gasteiger partial charge in [0.15, 0.2) is 5.11 Å². The van der Waals surface area contributed by atoms with Gasteiger partial charge in [0.2, 0.25) is 5.91 Å². The third-order valence-corrected chi connectivity index (χ3v) is 7.68. The summed E-state index contributed by atoms with van der Waals surface area (Å²) >= 11 is 5.80. The monoisotopic (exact) mass is 541 g/mol. The minimum absolute atomic E-state index is 0.0802. The van der Waals surface area contributed by atoms with Crippen molar-refractivity contribution in [2.75, 3.05) is 11.9 Å². The zero-order chi connectivity index (χ0) is 27.7. The first-order chi connectivity index (χ1) is 18.7. The molecule has 1 aliphatic rings. The maximum absolute atomic E-state index is 14.8. The van der Waals surface area contributed by atoms with Crippen molar-refractivity contribution in [2.45, 2.75) is 46.2 Å². The molecule has 6 nitrogen and oxygen atoms in total. The van der Waals surface area contributed by atoms with Crippen LogP contribution in [0.3, 0.4) is 0 Å². The minimum atomic E-state index is -0.285. The molecule has 200 valence electrons. The van der Waals surface area contributed by atoms with Crippen LogP contribution in [0.25, 0.3) is 5.69 Å². The van der Waals surface area contributed by atoms with Gasteiger partial charge in [-0.2, -0.15) is 0 Å². The van der Waals surface area contributed by atoms with Gasteiger partial charge in [0.05, 0.1) is 23.5 Å². The highest BCUT2D eigenvalue weighted by Gasteiger charge is 2.41. The highest BCUT2D eigenvalue weighted by molar-refractivity contribution is 7.80. The van der Waals surface area contributed by atoms with Crippen molar-refractivity contribution in [1.29, 1.82) is 0 Å². The largest absolute Gasteiger partial charge is 0.352 e. The Bertz CT molecular complexity index is 1530. The number of thiocarbonyl (C=S) groups is 1. The van der Waals surface area contributed by atoms with E-state index in [-0.39, 0.29) is 30.2 Å². The molecule has 0 aliphatic carbocycles. The van der Waals surface area contributed by atoms with Crippen LogP contribution >= 0.6 is 12.2 Å². The third-order valence-electron chi connectivity index (χ3n) is 7.33. The van der Waals surface area contributed by atoms with Gasteiger partial charge in [-0.25, -0.2) is 4.39 Å². The second-order valence-corrected chi connectivity index (χ2v) is 10.4. The summed E-state index contributed by atoms with van der Waals surface area (Å²) in [6.07, 6.45) is 2.02. The molecule has 39 heavy (non-hydrogen) atoms. The summed E-state index contributed by atoms with van der Waals surface area (Å²) in [6.45, 7) is 8.37. The normalized spacial score (nSPS) is 16.8. The average Bonchev–Trinajstić information content (AvgIpc) is 3.40. The van der Waals surface area contributed by atoms with Crippen LogP contribution in [0.4, 0.5) is 10.1 Å². The Balaban J connectivity index is 1.48. The summed E-state index contributed by atoms with van der Waals surface area (Å²) in [5.41, 5.74) is 7.11. The van der Waals surface area contributed by atoms with Gasteiger partial charge in [0.1, 0.15) is 5.82 Å². The zero-order valence-electron chi connectivity index (χ0n) is 22.5. The summed E-state index contributed by atoms with van der Waals surface area (Å²) in [4.78, 5) is 19.7. The Labute approximate surface area is 233 Å². The van der Waals surface area contributed by atoms with E-state index >= 15 is 0 Å². The first-order valence-electron chi connectivity index (χ1n) is 13.0. The molecular weight excluding hydrogens is 509 g/mol. The fraction of sp³-hybridized carbons (Fsp3) is 0.258. The second kappa shape index (κ2) is 11.0. The molecule has 5 rings (SSSR count). The predicted molar refractivity (Wildman–Crippen MR) is 157 cm³/mol. The number of hydrogen-bond donors (Lipinski definition) is 2. The van der Waals surface area contributed by atoms with Crippen LogP contribution in [0.5, 0.6) is 0 Å². The van der Waals surface area contributed by atoms with Crippen LogP contribution in [0.15, 0.2) is 72.9 Å². The van der Waals surface area contributed by atoms with E-state index in [0.29, 0.717) is 17.3 Å². The molecule has 2 atom stereocenters. The molecular formula is C31H32FN5OS. The first-order valence-corrected chi connectivity index (χ1v) is 13.4. The topological polar surface area (TPSA) is 62.2 Å². The number of aromatic nitrogens is 2. The molecule has 1 aliphatic heterocycles. The Hall–Kier alpha value is -4.04. The summed E-state index contributed by atoms with van der Waals surface area (Å²) in [6, 6.07) is 20.2. The SMILES string of the molecule is Cc1ccc(C)c(NC(=O)CCN2C(=S)N[C@@H](c3ccccn3)[C@@H]2c2cc(C)n(-c3ccccc3F)c2C)c1. The smallest absolute Gasteiger partial charge is 0.226 e. The van der Waals surface area contributed by atoms with E-state index in [0.717, 1.165) is 39.5 Å². The van der Waals surface area contributed by atoms with Crippen LogP contribution < -0.4 is 10.6 Å². The molecule has 3 heterocycles. The number of nitrogens with one attached hydrogen (secondary N) is 2. The van der Waals surface area contributed by atoms with Crippen molar-refractivity contribution < 1.29 is 9.18 Å². The molecule has 4 aromatic rings. The molecule has 0 spiro atoms. The van der Waals surface area contributed by atoms with Crippen molar-refractivity contribution in [1.82, 2.24) is 19.8 Å². The van der Waals surface area contributed by atoms with E-state index in [1.807, 2.05) is 74.7 Å². The highest BCUT2D eigenvalue weighted by atomic mass is 32.1. The quantitative estimate of drug-likeness (QED) is 0.271. The van der Waals surface area contributed by atoms with Gasteiger partial charge in [-0.1, -0.05) is 30.3 Å². The molecule has 0 radical (unpaired) electrons. The number of nitrogens with zero attached hydrogens (tertiary/aromatic N) is 3. The van der Waals surface area contributed by atoms with Gasteiger partial charge >= 0.3 is 0 Å². The minimum Gasteiger partial charge on any atom is -0.352 e. The number of para-hydroxylation sites is 1. The van der Waals surface area contributed by atoms with Crippen LogP contribution in [-0.2, 0) is 4.79 Å². The second-order valence-electron chi connectivity index (χ2n) is 10.0. The fourth-order valence-electron chi connectivity index (χ4n) is 5.38. The standard InChI is InChI=1S/C31H32FN5OS/c1-19-12-13-20(2)26(17-19)34-28(38)14-16-36-30(29(35-31(36)39)25-10-7-8-15-33-25)23-18-21(3)37(22(23)4)27-11-6-5-9-24(27)32/h5-13,15,17-18,29-30H,14,16H2,1-4H3,(H,34,38)(H,35,39)/t29-,30-/m0/s1. The lowest BCUT2D eigenvalue weighted by atomic mass is 9.96. The first kappa shape index (κ1) is 26.6. The lowest BCUT2D eigenvalue weighted by Gasteiger charge is -2.28. The number of aryl methyl sites for hydroxylation is 3. The molecule has 8 heteroatoms. The lowest BCUT2D eigenvalue weighted by molar-refractivity contribution is -0.116. The molecule has 0 bridgehead atoms. The molecule has 2 aromatic carbocycles. The van der Waals surface area contributed by atoms with Crippen molar-refractivity contribution in [2.24, 2.45) is 0 Å². The van der Waals surface area contributed by atoms with Crippen LogP contribution in [0.1, 0.15) is 52.3 Å². The maximum Gasteiger partial charge on any atom is 0.226 e. The molecule has 2 N–H and O–H groups in total. The third kappa shape index (κ3) is 5.29. The Kier molecular flexibility index (Phi) is 7.48.